The van der Waals surface area contributed by atoms with E-state index < -0.39 is 0 Å². The molecule has 0 radical (unpaired) electrons. The van der Waals surface area contributed by atoms with Crippen molar-refractivity contribution >= 4 is 11.6 Å². The standard InChI is InChI=1S/C16H22N2O2/c1-11(9-17-13-3-4-13)10-20-14-5-6-15-12(8-14)2-7-16(19)18-15/h5-6,8,11,13,17H,2-4,7,9-10H2,1H3,(H,18,19). The van der Waals surface area contributed by atoms with E-state index in [1.165, 1.54) is 18.4 Å². The van der Waals surface area contributed by atoms with Gasteiger partial charge in [-0.1, -0.05) is 6.92 Å². The molecule has 0 aromatic heterocycles. The third kappa shape index (κ3) is 3.51. The largest absolute Gasteiger partial charge is 0.493 e. The Kier molecular flexibility index (Phi) is 3.92. The molecule has 1 unspecified atom stereocenters. The molecule has 0 spiro atoms. The van der Waals surface area contributed by atoms with E-state index >= 15 is 0 Å². The summed E-state index contributed by atoms with van der Waals surface area (Å²) in [6.45, 7) is 3.95. The maximum absolute atomic E-state index is 11.3. The van der Waals surface area contributed by atoms with E-state index in [0.717, 1.165) is 37.1 Å². The lowest BCUT2D eigenvalue weighted by atomic mass is 10.0. The fraction of sp³-hybridized carbons (Fsp3) is 0.562. The first-order chi connectivity index (χ1) is 9.70. The van der Waals surface area contributed by atoms with Crippen LogP contribution in [0.4, 0.5) is 5.69 Å². The fourth-order valence-electron chi connectivity index (χ4n) is 2.40. The maximum atomic E-state index is 11.3. The highest BCUT2D eigenvalue weighted by Gasteiger charge is 2.21. The summed E-state index contributed by atoms with van der Waals surface area (Å²) >= 11 is 0. The van der Waals surface area contributed by atoms with Gasteiger partial charge in [-0.3, -0.25) is 4.79 Å². The van der Waals surface area contributed by atoms with E-state index in [9.17, 15) is 4.79 Å². The van der Waals surface area contributed by atoms with Crippen LogP contribution in [0.5, 0.6) is 5.75 Å². The van der Waals surface area contributed by atoms with Gasteiger partial charge in [-0.05, 0) is 43.0 Å². The van der Waals surface area contributed by atoms with Crippen molar-refractivity contribution in [1.82, 2.24) is 5.32 Å². The predicted octanol–water partition coefficient (Wildman–Crippen LogP) is 2.34. The highest BCUT2D eigenvalue weighted by atomic mass is 16.5. The Balaban J connectivity index is 1.51. The summed E-state index contributed by atoms with van der Waals surface area (Å²) in [6, 6.07) is 6.68. The van der Waals surface area contributed by atoms with Gasteiger partial charge in [0.15, 0.2) is 0 Å². The van der Waals surface area contributed by atoms with Crippen LogP contribution in [0.25, 0.3) is 0 Å². The highest BCUT2D eigenvalue weighted by molar-refractivity contribution is 5.93. The summed E-state index contributed by atoms with van der Waals surface area (Å²) in [4.78, 5) is 11.3. The van der Waals surface area contributed by atoms with Crippen molar-refractivity contribution in [2.45, 2.75) is 38.6 Å². The van der Waals surface area contributed by atoms with Crippen molar-refractivity contribution in [3.05, 3.63) is 23.8 Å². The van der Waals surface area contributed by atoms with E-state index in [4.69, 9.17) is 4.74 Å². The Hall–Kier alpha value is -1.55. The van der Waals surface area contributed by atoms with E-state index in [1.807, 2.05) is 12.1 Å². The van der Waals surface area contributed by atoms with E-state index in [2.05, 4.69) is 23.6 Å². The number of carbonyl (C=O) groups is 1. The first kappa shape index (κ1) is 13.4. The summed E-state index contributed by atoms with van der Waals surface area (Å²) in [7, 11) is 0. The van der Waals surface area contributed by atoms with Crippen LogP contribution >= 0.6 is 0 Å². The third-order valence-corrected chi connectivity index (χ3v) is 3.84. The molecule has 1 amide bonds. The molecule has 1 saturated carbocycles. The van der Waals surface area contributed by atoms with Gasteiger partial charge in [-0.15, -0.1) is 0 Å². The van der Waals surface area contributed by atoms with Crippen LogP contribution in [0.15, 0.2) is 18.2 Å². The van der Waals surface area contributed by atoms with E-state index in [1.54, 1.807) is 0 Å². The van der Waals surface area contributed by atoms with Crippen molar-refractivity contribution < 1.29 is 9.53 Å². The molecular formula is C16H22N2O2. The summed E-state index contributed by atoms with van der Waals surface area (Å²) < 4.78 is 5.86. The number of amides is 1. The van der Waals surface area contributed by atoms with Crippen LogP contribution in [-0.2, 0) is 11.2 Å². The number of hydrogen-bond donors (Lipinski definition) is 2. The smallest absolute Gasteiger partial charge is 0.224 e. The SMILES string of the molecule is CC(CNC1CC1)COc1ccc2c(c1)CCC(=O)N2. The Labute approximate surface area is 119 Å². The van der Waals surface area contributed by atoms with Gasteiger partial charge in [0.1, 0.15) is 5.75 Å². The number of ether oxygens (including phenoxy) is 1. The summed E-state index contributed by atoms with van der Waals surface area (Å²) in [5, 5.41) is 6.41. The molecule has 1 atom stereocenters. The highest BCUT2D eigenvalue weighted by Crippen LogP contribution is 2.27. The van der Waals surface area contributed by atoms with Gasteiger partial charge in [0, 0.05) is 30.6 Å². The molecular weight excluding hydrogens is 252 g/mol. The van der Waals surface area contributed by atoms with Crippen LogP contribution in [-0.4, -0.2) is 25.1 Å². The molecule has 1 aliphatic carbocycles. The van der Waals surface area contributed by atoms with Gasteiger partial charge < -0.3 is 15.4 Å². The normalized spacial score (nSPS) is 19.1. The minimum atomic E-state index is 0.103. The van der Waals surface area contributed by atoms with Crippen molar-refractivity contribution in [2.75, 3.05) is 18.5 Å². The number of benzene rings is 1. The lowest BCUT2D eigenvalue weighted by Crippen LogP contribution is -2.26. The zero-order valence-corrected chi connectivity index (χ0v) is 11.9. The van der Waals surface area contributed by atoms with Gasteiger partial charge in [0.2, 0.25) is 5.91 Å². The van der Waals surface area contributed by atoms with Gasteiger partial charge in [0.05, 0.1) is 6.61 Å². The summed E-state index contributed by atoms with van der Waals surface area (Å²) in [5.41, 5.74) is 2.10. The third-order valence-electron chi connectivity index (χ3n) is 3.84. The molecule has 1 aromatic carbocycles. The Morgan fingerprint density at radius 2 is 2.25 bits per heavy atom. The molecule has 4 nitrogen and oxygen atoms in total. The molecule has 3 rings (SSSR count). The molecule has 0 bridgehead atoms. The number of hydrogen-bond acceptors (Lipinski definition) is 3. The monoisotopic (exact) mass is 274 g/mol. The molecule has 2 aliphatic rings. The number of rotatable bonds is 6. The average molecular weight is 274 g/mol. The molecule has 1 fully saturated rings. The first-order valence-electron chi connectivity index (χ1n) is 7.49. The van der Waals surface area contributed by atoms with E-state index in [-0.39, 0.29) is 5.91 Å². The molecule has 1 aromatic rings. The maximum Gasteiger partial charge on any atom is 0.224 e. The second kappa shape index (κ2) is 5.83. The topological polar surface area (TPSA) is 50.4 Å². The van der Waals surface area contributed by atoms with Gasteiger partial charge in [-0.25, -0.2) is 0 Å². The van der Waals surface area contributed by atoms with Gasteiger partial charge in [0.25, 0.3) is 0 Å². The molecule has 1 aliphatic heterocycles. The van der Waals surface area contributed by atoms with Crippen molar-refractivity contribution in [3.8, 4) is 5.75 Å². The van der Waals surface area contributed by atoms with Crippen molar-refractivity contribution in [1.29, 1.82) is 0 Å². The molecule has 2 N–H and O–H groups in total. The minimum Gasteiger partial charge on any atom is -0.493 e. The molecule has 1 heterocycles. The van der Waals surface area contributed by atoms with Crippen LogP contribution in [0.1, 0.15) is 31.7 Å². The van der Waals surface area contributed by atoms with Gasteiger partial charge in [-0.2, -0.15) is 0 Å². The fourth-order valence-corrected chi connectivity index (χ4v) is 2.40. The van der Waals surface area contributed by atoms with Crippen molar-refractivity contribution in [3.63, 3.8) is 0 Å². The number of carbonyl (C=O) groups excluding carboxylic acids is 1. The number of nitrogens with one attached hydrogen (secondary N) is 2. The van der Waals surface area contributed by atoms with Crippen LogP contribution in [0.2, 0.25) is 0 Å². The quantitative estimate of drug-likeness (QED) is 0.837. The summed E-state index contributed by atoms with van der Waals surface area (Å²) in [5.74, 6) is 1.51. The molecule has 0 saturated heterocycles. The average Bonchev–Trinajstić information content (AvgIpc) is 3.27. The second-order valence-electron chi connectivity index (χ2n) is 5.97. The number of fused-ring (bicyclic) bond motifs is 1. The molecule has 20 heavy (non-hydrogen) atoms. The molecule has 108 valence electrons. The first-order valence-corrected chi connectivity index (χ1v) is 7.49. The van der Waals surface area contributed by atoms with E-state index in [0.29, 0.717) is 12.3 Å². The minimum absolute atomic E-state index is 0.103. The Morgan fingerprint density at radius 1 is 1.40 bits per heavy atom. The number of aryl methyl sites for hydroxylation is 1. The lowest BCUT2D eigenvalue weighted by Gasteiger charge is -2.19. The zero-order chi connectivity index (χ0) is 13.9. The van der Waals surface area contributed by atoms with Gasteiger partial charge >= 0.3 is 0 Å². The van der Waals surface area contributed by atoms with Crippen LogP contribution in [0, 0.1) is 5.92 Å². The van der Waals surface area contributed by atoms with Crippen molar-refractivity contribution in [2.24, 2.45) is 5.92 Å². The van der Waals surface area contributed by atoms with Crippen LogP contribution < -0.4 is 15.4 Å². The second-order valence-corrected chi connectivity index (χ2v) is 5.97. The summed E-state index contributed by atoms with van der Waals surface area (Å²) in [6.07, 6.45) is 4.02. The Bertz CT molecular complexity index is 497. The zero-order valence-electron chi connectivity index (χ0n) is 11.9. The Morgan fingerprint density at radius 3 is 3.05 bits per heavy atom. The lowest BCUT2D eigenvalue weighted by molar-refractivity contribution is -0.116. The van der Waals surface area contributed by atoms with Crippen LogP contribution in [0.3, 0.4) is 0 Å². The number of anilines is 1. The molecule has 4 heteroatoms. The predicted molar refractivity (Wildman–Crippen MR) is 79.1 cm³/mol.